The van der Waals surface area contributed by atoms with Crippen LogP contribution in [0.1, 0.15) is 32.8 Å². The van der Waals surface area contributed by atoms with E-state index in [1.807, 2.05) is 6.08 Å². The average molecular weight is 303 g/mol. The van der Waals surface area contributed by atoms with Gasteiger partial charge in [-0.25, -0.2) is 0 Å². The van der Waals surface area contributed by atoms with E-state index in [1.165, 1.54) is 11.1 Å². The summed E-state index contributed by atoms with van der Waals surface area (Å²) in [5.74, 6) is 0. The average Bonchev–Trinajstić information content (AvgIpc) is 2.42. The van der Waals surface area contributed by atoms with Crippen LogP contribution in [-0.4, -0.2) is 14.9 Å². The van der Waals surface area contributed by atoms with Gasteiger partial charge in [-0.2, -0.15) is 0 Å². The van der Waals surface area contributed by atoms with E-state index in [0.717, 1.165) is 12.8 Å². The zero-order chi connectivity index (χ0) is 15.9. The molecule has 2 heteroatoms. The van der Waals surface area contributed by atoms with Gasteiger partial charge in [0.25, 0.3) is 0 Å². The first-order chi connectivity index (χ1) is 9.76. The van der Waals surface area contributed by atoms with Crippen molar-refractivity contribution in [3.8, 4) is 0 Å². The molecule has 0 N–H and O–H groups in total. The van der Waals surface area contributed by atoms with Crippen molar-refractivity contribution in [3.63, 3.8) is 0 Å². The molecule has 116 valence electrons. The van der Waals surface area contributed by atoms with E-state index in [1.54, 1.807) is 0 Å². The molecule has 0 aliphatic heterocycles. The minimum atomic E-state index is -1.68. The molecule has 1 nitrogen and oxygen atoms in total. The number of allylic oxidation sites excluding steroid dienone is 1. The second-order valence-corrected chi connectivity index (χ2v) is 11.9. The first-order valence-corrected chi connectivity index (χ1v) is 10.7. The standard InChI is InChI=1S/C19H30OSi/c1-7-17(16-20-21(5,6)19(2,3)4)14-11-15-18-12-9-8-10-13-18/h7-10,12-14H,1,11,15-16H2,2-6H3/b17-14-. The minimum absolute atomic E-state index is 0.253. The number of hydrogen-bond acceptors (Lipinski definition) is 1. The van der Waals surface area contributed by atoms with Gasteiger partial charge in [0.1, 0.15) is 0 Å². The van der Waals surface area contributed by atoms with Crippen LogP contribution in [0.25, 0.3) is 0 Å². The summed E-state index contributed by atoms with van der Waals surface area (Å²) in [6.07, 6.45) is 6.29. The van der Waals surface area contributed by atoms with Crippen LogP contribution >= 0.6 is 0 Å². The van der Waals surface area contributed by atoms with Crippen molar-refractivity contribution in [1.82, 2.24) is 0 Å². The summed E-state index contributed by atoms with van der Waals surface area (Å²) in [6.45, 7) is 16.0. The molecule has 0 aromatic heterocycles. The highest BCUT2D eigenvalue weighted by Gasteiger charge is 2.36. The Morgan fingerprint density at radius 1 is 1.19 bits per heavy atom. The summed E-state index contributed by atoms with van der Waals surface area (Å²) in [4.78, 5) is 0. The number of hydrogen-bond donors (Lipinski definition) is 0. The lowest BCUT2D eigenvalue weighted by molar-refractivity contribution is 0.321. The Kier molecular flexibility index (Phi) is 6.63. The summed E-state index contributed by atoms with van der Waals surface area (Å²) in [5.41, 5.74) is 2.58. The van der Waals surface area contributed by atoms with Crippen LogP contribution in [0, 0.1) is 0 Å². The predicted octanol–water partition coefficient (Wildman–Crippen LogP) is 5.75. The lowest BCUT2D eigenvalue weighted by Crippen LogP contribution is -2.41. The first kappa shape index (κ1) is 17.9. The zero-order valence-corrected chi connectivity index (χ0v) is 15.3. The quantitative estimate of drug-likeness (QED) is 0.460. The van der Waals surface area contributed by atoms with Gasteiger partial charge in [-0.15, -0.1) is 0 Å². The van der Waals surface area contributed by atoms with E-state index in [2.05, 4.69) is 76.9 Å². The Hall–Kier alpha value is -1.12. The predicted molar refractivity (Wildman–Crippen MR) is 96.2 cm³/mol. The highest BCUT2D eigenvalue weighted by molar-refractivity contribution is 6.74. The molecule has 0 amide bonds. The van der Waals surface area contributed by atoms with Crippen LogP contribution in [0.2, 0.25) is 18.1 Å². The Morgan fingerprint density at radius 2 is 1.81 bits per heavy atom. The molecule has 0 saturated carbocycles. The molecular weight excluding hydrogens is 272 g/mol. The van der Waals surface area contributed by atoms with Crippen molar-refractivity contribution in [2.24, 2.45) is 0 Å². The Labute approximate surface area is 131 Å². The van der Waals surface area contributed by atoms with Gasteiger partial charge in [-0.3, -0.25) is 0 Å². The third-order valence-corrected chi connectivity index (χ3v) is 8.83. The lowest BCUT2D eigenvalue weighted by Gasteiger charge is -2.36. The number of aryl methyl sites for hydroxylation is 1. The molecule has 0 saturated heterocycles. The van der Waals surface area contributed by atoms with Crippen molar-refractivity contribution in [2.45, 2.75) is 51.7 Å². The van der Waals surface area contributed by atoms with E-state index in [-0.39, 0.29) is 5.04 Å². The van der Waals surface area contributed by atoms with E-state index in [0.29, 0.717) is 6.61 Å². The smallest absolute Gasteiger partial charge is 0.192 e. The van der Waals surface area contributed by atoms with Crippen molar-refractivity contribution in [3.05, 3.63) is 60.2 Å². The highest BCUT2D eigenvalue weighted by Crippen LogP contribution is 2.36. The molecule has 0 bridgehead atoms. The first-order valence-electron chi connectivity index (χ1n) is 7.75. The normalized spacial score (nSPS) is 13.3. The summed E-state index contributed by atoms with van der Waals surface area (Å²) >= 11 is 0. The number of rotatable bonds is 7. The Balaban J connectivity index is 2.51. The fourth-order valence-corrected chi connectivity index (χ4v) is 2.71. The molecule has 1 aromatic carbocycles. The van der Waals surface area contributed by atoms with Gasteiger partial charge in [0, 0.05) is 0 Å². The highest BCUT2D eigenvalue weighted by atomic mass is 28.4. The summed E-state index contributed by atoms with van der Waals surface area (Å²) in [5, 5.41) is 0.253. The van der Waals surface area contributed by atoms with Gasteiger partial charge in [0.2, 0.25) is 0 Å². The van der Waals surface area contributed by atoms with Crippen LogP contribution < -0.4 is 0 Å². The van der Waals surface area contributed by atoms with Gasteiger partial charge in [0.05, 0.1) is 6.61 Å². The molecular formula is C19H30OSi. The Bertz CT molecular complexity index is 466. The molecule has 0 unspecified atom stereocenters. The molecule has 21 heavy (non-hydrogen) atoms. The fourth-order valence-electron chi connectivity index (χ4n) is 1.75. The van der Waals surface area contributed by atoms with Gasteiger partial charge in [-0.05, 0) is 42.1 Å². The summed E-state index contributed by atoms with van der Waals surface area (Å²) in [7, 11) is -1.68. The lowest BCUT2D eigenvalue weighted by atomic mass is 10.1. The Morgan fingerprint density at radius 3 is 2.33 bits per heavy atom. The van der Waals surface area contributed by atoms with Gasteiger partial charge in [0.15, 0.2) is 8.32 Å². The second-order valence-electron chi connectivity index (χ2n) is 7.06. The fraction of sp³-hybridized carbons (Fsp3) is 0.474. The SMILES string of the molecule is C=C/C(=C/CCc1ccccc1)CO[Si](C)(C)C(C)(C)C. The third-order valence-electron chi connectivity index (χ3n) is 4.35. The van der Waals surface area contributed by atoms with Gasteiger partial charge < -0.3 is 4.43 Å². The molecule has 0 aliphatic rings. The molecule has 0 radical (unpaired) electrons. The maximum absolute atomic E-state index is 6.25. The van der Waals surface area contributed by atoms with Crippen molar-refractivity contribution in [2.75, 3.05) is 6.61 Å². The minimum Gasteiger partial charge on any atom is -0.413 e. The van der Waals surface area contributed by atoms with E-state index in [4.69, 9.17) is 4.43 Å². The van der Waals surface area contributed by atoms with E-state index >= 15 is 0 Å². The molecule has 0 heterocycles. The molecule has 0 fully saturated rings. The van der Waals surface area contributed by atoms with Crippen LogP contribution in [-0.2, 0) is 10.8 Å². The van der Waals surface area contributed by atoms with Crippen LogP contribution in [0.15, 0.2) is 54.6 Å². The van der Waals surface area contributed by atoms with Crippen LogP contribution in [0.3, 0.4) is 0 Å². The summed E-state index contributed by atoms with van der Waals surface area (Å²) < 4.78 is 6.25. The molecule has 1 rings (SSSR count). The maximum Gasteiger partial charge on any atom is 0.192 e. The zero-order valence-electron chi connectivity index (χ0n) is 14.3. The number of benzene rings is 1. The second kappa shape index (κ2) is 7.76. The molecule has 0 atom stereocenters. The van der Waals surface area contributed by atoms with Crippen molar-refractivity contribution < 1.29 is 4.43 Å². The topological polar surface area (TPSA) is 9.23 Å². The summed E-state index contributed by atoms with van der Waals surface area (Å²) in [6, 6.07) is 10.6. The maximum atomic E-state index is 6.25. The van der Waals surface area contributed by atoms with Crippen LogP contribution in [0.5, 0.6) is 0 Å². The van der Waals surface area contributed by atoms with Crippen molar-refractivity contribution >= 4 is 8.32 Å². The van der Waals surface area contributed by atoms with Crippen LogP contribution in [0.4, 0.5) is 0 Å². The van der Waals surface area contributed by atoms with Gasteiger partial charge in [-0.1, -0.05) is 69.8 Å². The molecule has 1 aromatic rings. The largest absolute Gasteiger partial charge is 0.413 e. The molecule has 0 aliphatic carbocycles. The van der Waals surface area contributed by atoms with E-state index in [9.17, 15) is 0 Å². The van der Waals surface area contributed by atoms with Crippen molar-refractivity contribution in [1.29, 1.82) is 0 Å². The monoisotopic (exact) mass is 302 g/mol. The van der Waals surface area contributed by atoms with Gasteiger partial charge >= 0.3 is 0 Å². The van der Waals surface area contributed by atoms with E-state index < -0.39 is 8.32 Å². The molecule has 0 spiro atoms. The third kappa shape index (κ3) is 6.02.